The van der Waals surface area contributed by atoms with Crippen molar-refractivity contribution >= 4 is 23.9 Å². The van der Waals surface area contributed by atoms with Gasteiger partial charge in [0.2, 0.25) is 18.2 Å². The number of anilines is 1. The molecule has 0 aliphatic carbocycles. The molecule has 1 rings (SSSR count). The van der Waals surface area contributed by atoms with Crippen LogP contribution in [0.5, 0.6) is 0 Å². The maximum atomic E-state index is 12.0. The fourth-order valence-electron chi connectivity index (χ4n) is 1.73. The van der Waals surface area contributed by atoms with E-state index in [1.807, 2.05) is 6.92 Å². The Bertz CT molecular complexity index is 471. The monoisotopic (exact) mass is 277 g/mol. The van der Waals surface area contributed by atoms with Crippen molar-refractivity contribution in [2.24, 2.45) is 5.73 Å². The first-order chi connectivity index (χ1) is 9.58. The predicted octanol–water partition coefficient (Wildman–Crippen LogP) is 1.03. The van der Waals surface area contributed by atoms with Crippen LogP contribution in [0.1, 0.15) is 36.5 Å². The van der Waals surface area contributed by atoms with E-state index in [1.165, 1.54) is 12.1 Å². The summed E-state index contributed by atoms with van der Waals surface area (Å²) in [6.07, 6.45) is 2.90. The number of amides is 3. The number of carbonyl (C=O) groups excluding carboxylic acids is 3. The second kappa shape index (κ2) is 7.93. The summed E-state index contributed by atoms with van der Waals surface area (Å²) in [5, 5.41) is 5.19. The maximum absolute atomic E-state index is 12.0. The molecule has 0 saturated heterocycles. The van der Waals surface area contributed by atoms with E-state index in [2.05, 4.69) is 10.6 Å². The standard InChI is InChI=1S/C14H19N3O3/c1-2-3-4-12(16-9-18)14(20)17-11-7-5-10(6-8-11)13(15)19/h5-9,12H,2-4H2,1H3,(H2,15,19)(H,16,18)(H,17,20). The largest absolute Gasteiger partial charge is 0.366 e. The molecule has 0 saturated carbocycles. The lowest BCUT2D eigenvalue weighted by Gasteiger charge is -2.15. The van der Waals surface area contributed by atoms with Gasteiger partial charge in [-0.05, 0) is 30.7 Å². The minimum Gasteiger partial charge on any atom is -0.366 e. The zero-order chi connectivity index (χ0) is 15.0. The zero-order valence-electron chi connectivity index (χ0n) is 11.4. The number of nitrogens with one attached hydrogen (secondary N) is 2. The molecular weight excluding hydrogens is 258 g/mol. The van der Waals surface area contributed by atoms with Gasteiger partial charge in [0.15, 0.2) is 0 Å². The predicted molar refractivity (Wildman–Crippen MR) is 76.1 cm³/mol. The molecule has 4 N–H and O–H groups in total. The van der Waals surface area contributed by atoms with Crippen molar-refractivity contribution in [3.8, 4) is 0 Å². The number of unbranched alkanes of at least 4 members (excludes halogenated alkanes) is 1. The Balaban J connectivity index is 2.66. The van der Waals surface area contributed by atoms with E-state index >= 15 is 0 Å². The number of carbonyl (C=O) groups is 3. The van der Waals surface area contributed by atoms with Crippen molar-refractivity contribution in [1.29, 1.82) is 0 Å². The lowest BCUT2D eigenvalue weighted by Crippen LogP contribution is -2.39. The van der Waals surface area contributed by atoms with Gasteiger partial charge in [-0.15, -0.1) is 0 Å². The highest BCUT2D eigenvalue weighted by Gasteiger charge is 2.16. The first-order valence-electron chi connectivity index (χ1n) is 6.49. The van der Waals surface area contributed by atoms with Crippen LogP contribution in [0.25, 0.3) is 0 Å². The summed E-state index contributed by atoms with van der Waals surface area (Å²) in [6.45, 7) is 2.01. The van der Waals surface area contributed by atoms with E-state index in [9.17, 15) is 14.4 Å². The molecule has 3 amide bonds. The van der Waals surface area contributed by atoms with E-state index in [-0.39, 0.29) is 5.91 Å². The number of hydrogen-bond acceptors (Lipinski definition) is 3. The molecule has 6 heteroatoms. The molecule has 0 aliphatic rings. The van der Waals surface area contributed by atoms with Crippen molar-refractivity contribution in [3.05, 3.63) is 29.8 Å². The van der Waals surface area contributed by atoms with Gasteiger partial charge in [0.05, 0.1) is 0 Å². The van der Waals surface area contributed by atoms with Gasteiger partial charge in [-0.25, -0.2) is 0 Å². The van der Waals surface area contributed by atoms with E-state index in [0.717, 1.165) is 12.8 Å². The molecule has 0 spiro atoms. The third-order valence-corrected chi connectivity index (χ3v) is 2.87. The third kappa shape index (κ3) is 4.72. The Hall–Kier alpha value is -2.37. The summed E-state index contributed by atoms with van der Waals surface area (Å²) in [5.74, 6) is -0.802. The Morgan fingerprint density at radius 2 is 1.95 bits per heavy atom. The number of rotatable bonds is 8. The topological polar surface area (TPSA) is 101 Å². The van der Waals surface area contributed by atoms with Gasteiger partial charge in [-0.2, -0.15) is 0 Å². The van der Waals surface area contributed by atoms with Gasteiger partial charge in [0, 0.05) is 11.3 Å². The summed E-state index contributed by atoms with van der Waals surface area (Å²) < 4.78 is 0. The number of nitrogens with two attached hydrogens (primary N) is 1. The fraction of sp³-hybridized carbons (Fsp3) is 0.357. The van der Waals surface area contributed by atoms with E-state index in [4.69, 9.17) is 5.73 Å². The molecule has 1 atom stereocenters. The SMILES string of the molecule is CCCCC(NC=O)C(=O)Nc1ccc(C(N)=O)cc1. The lowest BCUT2D eigenvalue weighted by molar-refractivity contribution is -0.121. The van der Waals surface area contributed by atoms with Crippen LogP contribution in [0.2, 0.25) is 0 Å². The van der Waals surface area contributed by atoms with Crippen LogP contribution in [-0.4, -0.2) is 24.3 Å². The van der Waals surface area contributed by atoms with Gasteiger partial charge >= 0.3 is 0 Å². The van der Waals surface area contributed by atoms with Crippen LogP contribution in [0.3, 0.4) is 0 Å². The molecule has 1 aromatic rings. The molecule has 0 heterocycles. The van der Waals surface area contributed by atoms with Gasteiger partial charge in [0.25, 0.3) is 0 Å². The molecule has 20 heavy (non-hydrogen) atoms. The Labute approximate surface area is 117 Å². The second-order valence-electron chi connectivity index (χ2n) is 4.41. The second-order valence-corrected chi connectivity index (χ2v) is 4.41. The van der Waals surface area contributed by atoms with Crippen LogP contribution >= 0.6 is 0 Å². The van der Waals surface area contributed by atoms with Crippen molar-refractivity contribution in [2.75, 3.05) is 5.32 Å². The first-order valence-corrected chi connectivity index (χ1v) is 6.49. The highest BCUT2D eigenvalue weighted by molar-refractivity contribution is 5.97. The molecule has 1 unspecified atom stereocenters. The molecule has 0 bridgehead atoms. The van der Waals surface area contributed by atoms with Crippen LogP contribution in [0.15, 0.2) is 24.3 Å². The van der Waals surface area contributed by atoms with Crippen molar-refractivity contribution in [2.45, 2.75) is 32.2 Å². The smallest absolute Gasteiger partial charge is 0.248 e. The van der Waals surface area contributed by atoms with Gasteiger partial charge < -0.3 is 16.4 Å². The molecule has 0 fully saturated rings. The third-order valence-electron chi connectivity index (χ3n) is 2.87. The fourth-order valence-corrected chi connectivity index (χ4v) is 1.73. The highest BCUT2D eigenvalue weighted by atomic mass is 16.2. The minimum atomic E-state index is -0.553. The summed E-state index contributed by atoms with van der Waals surface area (Å²) in [6, 6.07) is 5.70. The van der Waals surface area contributed by atoms with Crippen LogP contribution in [0.4, 0.5) is 5.69 Å². The van der Waals surface area contributed by atoms with E-state index < -0.39 is 11.9 Å². The van der Waals surface area contributed by atoms with E-state index in [0.29, 0.717) is 24.1 Å². The highest BCUT2D eigenvalue weighted by Crippen LogP contribution is 2.11. The van der Waals surface area contributed by atoms with Crippen LogP contribution in [-0.2, 0) is 9.59 Å². The average Bonchev–Trinajstić information content (AvgIpc) is 2.43. The van der Waals surface area contributed by atoms with Crippen molar-refractivity contribution < 1.29 is 14.4 Å². The van der Waals surface area contributed by atoms with E-state index in [1.54, 1.807) is 12.1 Å². The molecule has 0 aromatic heterocycles. The molecule has 6 nitrogen and oxygen atoms in total. The molecular formula is C14H19N3O3. The van der Waals surface area contributed by atoms with Crippen LogP contribution in [0, 0.1) is 0 Å². The first kappa shape index (κ1) is 15.7. The summed E-state index contributed by atoms with van der Waals surface area (Å²) in [5.41, 5.74) is 6.05. The zero-order valence-corrected chi connectivity index (χ0v) is 11.4. The Kier molecular flexibility index (Phi) is 6.22. The van der Waals surface area contributed by atoms with Gasteiger partial charge in [0.1, 0.15) is 6.04 Å². The Morgan fingerprint density at radius 3 is 2.45 bits per heavy atom. The summed E-state index contributed by atoms with van der Waals surface area (Å²) in [4.78, 5) is 33.4. The molecule has 0 aliphatic heterocycles. The maximum Gasteiger partial charge on any atom is 0.248 e. The number of primary amides is 1. The normalized spacial score (nSPS) is 11.4. The Morgan fingerprint density at radius 1 is 1.30 bits per heavy atom. The number of benzene rings is 1. The van der Waals surface area contributed by atoms with Gasteiger partial charge in [-0.3, -0.25) is 14.4 Å². The quantitative estimate of drug-likeness (QED) is 0.618. The minimum absolute atomic E-state index is 0.280. The molecule has 0 radical (unpaired) electrons. The lowest BCUT2D eigenvalue weighted by atomic mass is 10.1. The molecule has 1 aromatic carbocycles. The molecule has 108 valence electrons. The average molecular weight is 277 g/mol. The van der Waals surface area contributed by atoms with Gasteiger partial charge in [-0.1, -0.05) is 19.8 Å². The van der Waals surface area contributed by atoms with Crippen LogP contribution < -0.4 is 16.4 Å². The van der Waals surface area contributed by atoms with Crippen molar-refractivity contribution in [3.63, 3.8) is 0 Å². The van der Waals surface area contributed by atoms with Crippen molar-refractivity contribution in [1.82, 2.24) is 5.32 Å². The number of hydrogen-bond donors (Lipinski definition) is 3. The summed E-state index contributed by atoms with van der Waals surface area (Å²) in [7, 11) is 0. The summed E-state index contributed by atoms with van der Waals surface area (Å²) >= 11 is 0.